The zero-order valence-electron chi connectivity index (χ0n) is 12.2. The summed E-state index contributed by atoms with van der Waals surface area (Å²) in [6.45, 7) is 7.08. The monoisotopic (exact) mass is 287 g/mol. The van der Waals surface area contributed by atoms with E-state index in [2.05, 4.69) is 54.7 Å². The molecule has 1 aromatic carbocycles. The third kappa shape index (κ3) is 3.84. The number of rotatable bonds is 4. The lowest BCUT2D eigenvalue weighted by molar-refractivity contribution is 0.867. The zero-order valence-corrected chi connectivity index (χ0v) is 13.0. The Bertz CT molecular complexity index is 599. The summed E-state index contributed by atoms with van der Waals surface area (Å²) >= 11 is 1.71. The molecule has 0 aliphatic carbocycles. The Balaban J connectivity index is 2.02. The SMILES string of the molecule is Cc1ccsc1CN=C(N)Nc1cccc(C(C)C)c1. The minimum Gasteiger partial charge on any atom is -0.370 e. The van der Waals surface area contributed by atoms with Gasteiger partial charge in [-0.2, -0.15) is 0 Å². The Hall–Kier alpha value is -1.81. The van der Waals surface area contributed by atoms with Crippen LogP contribution in [0.4, 0.5) is 5.69 Å². The summed E-state index contributed by atoms with van der Waals surface area (Å²) in [5, 5.41) is 5.23. The predicted molar refractivity (Wildman–Crippen MR) is 88.5 cm³/mol. The Morgan fingerprint density at radius 1 is 1.35 bits per heavy atom. The summed E-state index contributed by atoms with van der Waals surface area (Å²) in [5.41, 5.74) is 9.49. The number of thiophene rings is 1. The van der Waals surface area contributed by atoms with Gasteiger partial charge < -0.3 is 11.1 Å². The molecule has 0 spiro atoms. The minimum absolute atomic E-state index is 0.457. The van der Waals surface area contributed by atoms with E-state index in [0.29, 0.717) is 18.4 Å². The number of hydrogen-bond acceptors (Lipinski definition) is 2. The fourth-order valence-corrected chi connectivity index (χ4v) is 2.72. The molecule has 20 heavy (non-hydrogen) atoms. The van der Waals surface area contributed by atoms with E-state index in [4.69, 9.17) is 5.73 Å². The van der Waals surface area contributed by atoms with Gasteiger partial charge in [0, 0.05) is 10.6 Å². The molecule has 0 saturated carbocycles. The van der Waals surface area contributed by atoms with Gasteiger partial charge in [0.25, 0.3) is 0 Å². The Labute approximate surface area is 124 Å². The molecule has 0 saturated heterocycles. The summed E-state index contributed by atoms with van der Waals surface area (Å²) in [4.78, 5) is 5.65. The predicted octanol–water partition coefficient (Wildman–Crippen LogP) is 4.11. The molecule has 3 N–H and O–H groups in total. The first-order valence-electron chi connectivity index (χ1n) is 6.76. The van der Waals surface area contributed by atoms with Gasteiger partial charge in [0.1, 0.15) is 0 Å². The number of aryl methyl sites for hydroxylation is 1. The van der Waals surface area contributed by atoms with Crippen LogP contribution in [0.5, 0.6) is 0 Å². The van der Waals surface area contributed by atoms with Crippen LogP contribution in [0.2, 0.25) is 0 Å². The first kappa shape index (κ1) is 14.6. The van der Waals surface area contributed by atoms with Crippen molar-refractivity contribution in [2.75, 3.05) is 5.32 Å². The average Bonchev–Trinajstić information content (AvgIpc) is 2.82. The smallest absolute Gasteiger partial charge is 0.193 e. The van der Waals surface area contributed by atoms with Crippen LogP contribution in [0.1, 0.15) is 35.8 Å². The van der Waals surface area contributed by atoms with Crippen molar-refractivity contribution >= 4 is 23.0 Å². The summed E-state index contributed by atoms with van der Waals surface area (Å²) < 4.78 is 0. The number of nitrogens with two attached hydrogens (primary N) is 1. The number of hydrogen-bond donors (Lipinski definition) is 2. The van der Waals surface area contributed by atoms with Crippen molar-refractivity contribution < 1.29 is 0 Å². The quantitative estimate of drug-likeness (QED) is 0.657. The summed E-state index contributed by atoms with van der Waals surface area (Å²) in [6, 6.07) is 10.4. The van der Waals surface area contributed by atoms with Crippen LogP contribution < -0.4 is 11.1 Å². The van der Waals surface area contributed by atoms with E-state index < -0.39 is 0 Å². The second-order valence-electron chi connectivity index (χ2n) is 5.13. The lowest BCUT2D eigenvalue weighted by Gasteiger charge is -2.09. The zero-order chi connectivity index (χ0) is 14.5. The van der Waals surface area contributed by atoms with Crippen LogP contribution >= 0.6 is 11.3 Å². The second-order valence-corrected chi connectivity index (χ2v) is 6.13. The van der Waals surface area contributed by atoms with Gasteiger partial charge in [-0.05, 0) is 47.5 Å². The van der Waals surface area contributed by atoms with E-state index >= 15 is 0 Å². The highest BCUT2D eigenvalue weighted by Gasteiger charge is 2.02. The Kier molecular flexibility index (Phi) is 4.79. The lowest BCUT2D eigenvalue weighted by atomic mass is 10.0. The molecule has 2 aromatic rings. The van der Waals surface area contributed by atoms with Crippen molar-refractivity contribution in [3.63, 3.8) is 0 Å². The van der Waals surface area contributed by atoms with Crippen LogP contribution in [0, 0.1) is 6.92 Å². The van der Waals surface area contributed by atoms with Crippen molar-refractivity contribution in [2.24, 2.45) is 10.7 Å². The van der Waals surface area contributed by atoms with E-state index in [1.54, 1.807) is 11.3 Å². The molecule has 0 fully saturated rings. The molecular formula is C16H21N3S. The van der Waals surface area contributed by atoms with Crippen LogP contribution in [0.15, 0.2) is 40.7 Å². The van der Waals surface area contributed by atoms with Gasteiger partial charge in [-0.25, -0.2) is 4.99 Å². The van der Waals surface area contributed by atoms with Crippen molar-refractivity contribution in [2.45, 2.75) is 33.2 Å². The molecule has 4 heteroatoms. The molecule has 1 heterocycles. The standard InChI is InChI=1S/C16H21N3S/c1-11(2)13-5-4-6-14(9-13)19-16(17)18-10-15-12(3)7-8-20-15/h4-9,11H,10H2,1-3H3,(H3,17,18,19). The summed E-state index contributed by atoms with van der Waals surface area (Å²) in [6.07, 6.45) is 0. The molecule has 0 unspecified atom stereocenters. The van der Waals surface area contributed by atoms with Crippen LogP contribution in [0.25, 0.3) is 0 Å². The number of aliphatic imine (C=N–C) groups is 1. The number of nitrogens with one attached hydrogen (secondary N) is 1. The molecule has 0 atom stereocenters. The van der Waals surface area contributed by atoms with Gasteiger partial charge in [-0.15, -0.1) is 11.3 Å². The first-order valence-corrected chi connectivity index (χ1v) is 7.64. The van der Waals surface area contributed by atoms with Gasteiger partial charge in [0.2, 0.25) is 0 Å². The topological polar surface area (TPSA) is 50.4 Å². The molecular weight excluding hydrogens is 266 g/mol. The van der Waals surface area contributed by atoms with Crippen molar-refractivity contribution in [1.29, 1.82) is 0 Å². The molecule has 0 bridgehead atoms. The van der Waals surface area contributed by atoms with Gasteiger partial charge in [0.05, 0.1) is 6.54 Å². The molecule has 0 aliphatic rings. The third-order valence-corrected chi connectivity index (χ3v) is 4.19. The van der Waals surface area contributed by atoms with Crippen LogP contribution in [-0.2, 0) is 6.54 Å². The van der Waals surface area contributed by atoms with Gasteiger partial charge >= 0.3 is 0 Å². The maximum atomic E-state index is 5.94. The molecule has 1 aromatic heterocycles. The number of nitrogens with zero attached hydrogens (tertiary/aromatic N) is 1. The van der Waals surface area contributed by atoms with E-state index in [1.165, 1.54) is 16.0 Å². The molecule has 0 radical (unpaired) electrons. The number of guanidine groups is 1. The summed E-state index contributed by atoms with van der Waals surface area (Å²) in [5.74, 6) is 0.961. The van der Waals surface area contributed by atoms with E-state index in [0.717, 1.165) is 5.69 Å². The van der Waals surface area contributed by atoms with E-state index in [9.17, 15) is 0 Å². The highest BCUT2D eigenvalue weighted by Crippen LogP contribution is 2.19. The molecule has 2 rings (SSSR count). The second kappa shape index (κ2) is 6.57. The van der Waals surface area contributed by atoms with Gasteiger partial charge in [-0.1, -0.05) is 26.0 Å². The fraction of sp³-hybridized carbons (Fsp3) is 0.312. The van der Waals surface area contributed by atoms with Crippen molar-refractivity contribution in [3.8, 4) is 0 Å². The van der Waals surface area contributed by atoms with Gasteiger partial charge in [0.15, 0.2) is 5.96 Å². The van der Waals surface area contributed by atoms with Crippen LogP contribution in [-0.4, -0.2) is 5.96 Å². The van der Waals surface area contributed by atoms with Crippen LogP contribution in [0.3, 0.4) is 0 Å². The largest absolute Gasteiger partial charge is 0.370 e. The van der Waals surface area contributed by atoms with Crippen molar-refractivity contribution in [3.05, 3.63) is 51.7 Å². The molecule has 0 aliphatic heterocycles. The maximum Gasteiger partial charge on any atom is 0.193 e. The molecule has 3 nitrogen and oxygen atoms in total. The van der Waals surface area contributed by atoms with Gasteiger partial charge in [-0.3, -0.25) is 0 Å². The minimum atomic E-state index is 0.457. The molecule has 0 amide bonds. The first-order chi connectivity index (χ1) is 9.56. The Morgan fingerprint density at radius 3 is 2.80 bits per heavy atom. The Morgan fingerprint density at radius 2 is 2.15 bits per heavy atom. The maximum absolute atomic E-state index is 5.94. The average molecular weight is 287 g/mol. The number of benzene rings is 1. The third-order valence-electron chi connectivity index (χ3n) is 3.19. The van der Waals surface area contributed by atoms with E-state index in [1.807, 2.05) is 12.1 Å². The normalized spacial score (nSPS) is 11.9. The fourth-order valence-electron chi connectivity index (χ4n) is 1.89. The van der Waals surface area contributed by atoms with E-state index in [-0.39, 0.29) is 0 Å². The highest BCUT2D eigenvalue weighted by atomic mass is 32.1. The van der Waals surface area contributed by atoms with Crippen molar-refractivity contribution in [1.82, 2.24) is 0 Å². The summed E-state index contributed by atoms with van der Waals surface area (Å²) in [7, 11) is 0. The number of anilines is 1. The molecule has 106 valence electrons. The highest BCUT2D eigenvalue weighted by molar-refractivity contribution is 7.10. The lowest BCUT2D eigenvalue weighted by Crippen LogP contribution is -2.22.